The zero-order valence-corrected chi connectivity index (χ0v) is 14.0. The molecule has 1 saturated heterocycles. The normalized spacial score (nSPS) is 16.9. The van der Waals surface area contributed by atoms with E-state index in [1.54, 1.807) is 18.2 Å². The van der Waals surface area contributed by atoms with Crippen LogP contribution in [0.2, 0.25) is 0 Å². The molecule has 0 radical (unpaired) electrons. The molecular weight excluding hydrogens is 337 g/mol. The van der Waals surface area contributed by atoms with E-state index in [2.05, 4.69) is 4.98 Å². The maximum Gasteiger partial charge on any atom is 0.337 e. The van der Waals surface area contributed by atoms with Crippen LogP contribution in [0.4, 0.5) is 4.39 Å². The molecule has 6 heteroatoms. The largest absolute Gasteiger partial charge is 0.493 e. The van der Waals surface area contributed by atoms with E-state index < -0.39 is 5.97 Å². The first kappa shape index (κ1) is 16.6. The Morgan fingerprint density at radius 2 is 2.19 bits per heavy atom. The quantitative estimate of drug-likeness (QED) is 0.723. The first-order valence-electron chi connectivity index (χ1n) is 8.47. The summed E-state index contributed by atoms with van der Waals surface area (Å²) < 4.78 is 25.1. The molecule has 2 N–H and O–H groups in total. The number of fused-ring (bicyclic) bond motifs is 1. The number of carboxylic acids is 1. The molecular formula is C20H18FNO4. The lowest BCUT2D eigenvalue weighted by Crippen LogP contribution is -2.12. The summed E-state index contributed by atoms with van der Waals surface area (Å²) in [5.41, 5.74) is 2.21. The lowest BCUT2D eigenvalue weighted by molar-refractivity contribution is 0.0699. The van der Waals surface area contributed by atoms with Gasteiger partial charge in [0.1, 0.15) is 11.6 Å². The lowest BCUT2D eigenvalue weighted by Gasteiger charge is -2.14. The maximum absolute atomic E-state index is 13.9. The molecule has 3 aromatic rings. The number of aromatic nitrogens is 1. The van der Waals surface area contributed by atoms with E-state index in [-0.39, 0.29) is 11.4 Å². The molecule has 0 aliphatic carbocycles. The van der Waals surface area contributed by atoms with Gasteiger partial charge in [0.05, 0.1) is 18.8 Å². The van der Waals surface area contributed by atoms with Crippen molar-refractivity contribution in [2.45, 2.75) is 6.42 Å². The number of benzene rings is 2. The molecule has 5 nitrogen and oxygen atoms in total. The van der Waals surface area contributed by atoms with Gasteiger partial charge in [-0.2, -0.15) is 0 Å². The van der Waals surface area contributed by atoms with Gasteiger partial charge in [-0.1, -0.05) is 6.07 Å². The van der Waals surface area contributed by atoms with Gasteiger partial charge in [-0.25, -0.2) is 9.18 Å². The highest BCUT2D eigenvalue weighted by molar-refractivity contribution is 6.04. The number of hydrogen-bond acceptors (Lipinski definition) is 3. The van der Waals surface area contributed by atoms with Crippen LogP contribution in [0.3, 0.4) is 0 Å². The fourth-order valence-electron chi connectivity index (χ4n) is 3.24. The van der Waals surface area contributed by atoms with E-state index in [0.717, 1.165) is 13.0 Å². The first-order chi connectivity index (χ1) is 12.6. The average molecular weight is 355 g/mol. The summed E-state index contributed by atoms with van der Waals surface area (Å²) in [7, 11) is 0. The van der Waals surface area contributed by atoms with Crippen LogP contribution in [0, 0.1) is 11.7 Å². The molecule has 1 aliphatic heterocycles. The zero-order valence-electron chi connectivity index (χ0n) is 14.0. The van der Waals surface area contributed by atoms with Crippen molar-refractivity contribution in [3.05, 3.63) is 54.0 Å². The van der Waals surface area contributed by atoms with Gasteiger partial charge in [-0.15, -0.1) is 0 Å². The van der Waals surface area contributed by atoms with Crippen LogP contribution in [-0.4, -0.2) is 35.9 Å². The van der Waals surface area contributed by atoms with E-state index in [9.17, 15) is 14.3 Å². The Hall–Kier alpha value is -2.86. The third-order valence-electron chi connectivity index (χ3n) is 4.66. The Morgan fingerprint density at radius 1 is 1.31 bits per heavy atom. The molecule has 0 bridgehead atoms. The van der Waals surface area contributed by atoms with Crippen LogP contribution in [-0.2, 0) is 4.74 Å². The highest BCUT2D eigenvalue weighted by Crippen LogP contribution is 2.34. The van der Waals surface area contributed by atoms with Gasteiger partial charge in [0.15, 0.2) is 0 Å². The smallest absolute Gasteiger partial charge is 0.337 e. The van der Waals surface area contributed by atoms with Crippen LogP contribution in [0.15, 0.2) is 42.6 Å². The average Bonchev–Trinajstić information content (AvgIpc) is 3.29. The zero-order chi connectivity index (χ0) is 18.1. The topological polar surface area (TPSA) is 71.5 Å². The number of H-pyrrole nitrogens is 1. The third kappa shape index (κ3) is 3.15. The molecule has 2 heterocycles. The van der Waals surface area contributed by atoms with Gasteiger partial charge in [-0.3, -0.25) is 0 Å². The Morgan fingerprint density at radius 3 is 2.96 bits per heavy atom. The van der Waals surface area contributed by atoms with Gasteiger partial charge in [0.25, 0.3) is 0 Å². The summed E-state index contributed by atoms with van der Waals surface area (Å²) in [5.74, 6) is -0.474. The SMILES string of the molecule is O=C(O)c1c[nH]c2ccc(-c3cc(F)ccc3OCC3CCOC3)cc12. The molecule has 1 fully saturated rings. The van der Waals surface area contributed by atoms with Crippen molar-refractivity contribution in [2.75, 3.05) is 19.8 Å². The number of carboxylic acid groups (broad SMARTS) is 1. The van der Waals surface area contributed by atoms with Crippen molar-refractivity contribution in [2.24, 2.45) is 5.92 Å². The molecule has 0 saturated carbocycles. The summed E-state index contributed by atoms with van der Waals surface area (Å²) in [6, 6.07) is 9.74. The Kier molecular flexibility index (Phi) is 4.34. The fourth-order valence-corrected chi connectivity index (χ4v) is 3.24. The maximum atomic E-state index is 13.9. The van der Waals surface area contributed by atoms with E-state index in [0.29, 0.717) is 46.9 Å². The van der Waals surface area contributed by atoms with E-state index in [4.69, 9.17) is 9.47 Å². The van der Waals surface area contributed by atoms with Crippen molar-refractivity contribution in [1.82, 2.24) is 4.98 Å². The summed E-state index contributed by atoms with van der Waals surface area (Å²) in [5, 5.41) is 9.90. The summed E-state index contributed by atoms with van der Waals surface area (Å²) in [6.45, 7) is 1.92. The molecule has 134 valence electrons. The molecule has 1 atom stereocenters. The van der Waals surface area contributed by atoms with Crippen LogP contribution in [0.1, 0.15) is 16.8 Å². The second-order valence-electron chi connectivity index (χ2n) is 6.45. The fraction of sp³-hybridized carbons (Fsp3) is 0.250. The van der Waals surface area contributed by atoms with E-state index in [1.807, 2.05) is 6.07 Å². The highest BCUT2D eigenvalue weighted by atomic mass is 19.1. The molecule has 1 aromatic heterocycles. The van der Waals surface area contributed by atoms with Crippen molar-refractivity contribution in [3.63, 3.8) is 0 Å². The highest BCUT2D eigenvalue weighted by Gasteiger charge is 2.18. The number of aromatic amines is 1. The number of nitrogens with one attached hydrogen (secondary N) is 1. The molecule has 0 spiro atoms. The van der Waals surface area contributed by atoms with Gasteiger partial charge >= 0.3 is 5.97 Å². The van der Waals surface area contributed by atoms with Gasteiger partial charge in [0.2, 0.25) is 0 Å². The minimum atomic E-state index is -1.01. The van der Waals surface area contributed by atoms with Crippen molar-refractivity contribution >= 4 is 16.9 Å². The second kappa shape index (κ2) is 6.80. The van der Waals surface area contributed by atoms with Crippen LogP contribution < -0.4 is 4.74 Å². The Bertz CT molecular complexity index is 960. The second-order valence-corrected chi connectivity index (χ2v) is 6.45. The van der Waals surface area contributed by atoms with Gasteiger partial charge in [0, 0.05) is 35.2 Å². The first-order valence-corrected chi connectivity index (χ1v) is 8.47. The van der Waals surface area contributed by atoms with Crippen LogP contribution >= 0.6 is 0 Å². The monoisotopic (exact) mass is 355 g/mol. The van der Waals surface area contributed by atoms with E-state index >= 15 is 0 Å². The summed E-state index contributed by atoms with van der Waals surface area (Å²) in [4.78, 5) is 14.3. The number of carbonyl (C=O) groups is 1. The number of rotatable bonds is 5. The molecule has 4 rings (SSSR count). The minimum Gasteiger partial charge on any atom is -0.493 e. The predicted molar refractivity (Wildman–Crippen MR) is 95.1 cm³/mol. The Labute approximate surface area is 149 Å². The minimum absolute atomic E-state index is 0.184. The Balaban J connectivity index is 1.71. The van der Waals surface area contributed by atoms with Crippen LogP contribution in [0.5, 0.6) is 5.75 Å². The third-order valence-corrected chi connectivity index (χ3v) is 4.66. The van der Waals surface area contributed by atoms with Crippen molar-refractivity contribution in [1.29, 1.82) is 0 Å². The molecule has 1 aliphatic rings. The van der Waals surface area contributed by atoms with Crippen LogP contribution in [0.25, 0.3) is 22.0 Å². The molecule has 0 amide bonds. The van der Waals surface area contributed by atoms with Crippen molar-refractivity contribution < 1.29 is 23.8 Å². The van der Waals surface area contributed by atoms with Gasteiger partial charge in [-0.05, 0) is 42.3 Å². The molecule has 26 heavy (non-hydrogen) atoms. The van der Waals surface area contributed by atoms with Crippen molar-refractivity contribution in [3.8, 4) is 16.9 Å². The molecule has 1 unspecified atom stereocenters. The van der Waals surface area contributed by atoms with Gasteiger partial charge < -0.3 is 19.6 Å². The summed E-state index contributed by atoms with van der Waals surface area (Å²) in [6.07, 6.45) is 2.41. The number of ether oxygens (including phenoxy) is 2. The lowest BCUT2D eigenvalue weighted by atomic mass is 10.0. The number of halogens is 1. The number of aromatic carboxylic acids is 1. The standard InChI is InChI=1S/C20H18FNO4/c21-14-2-4-19(26-11-12-5-6-25-10-12)15(8-14)13-1-3-18-16(7-13)17(9-22-18)20(23)24/h1-4,7-9,12,22H,5-6,10-11H2,(H,23,24). The molecule has 2 aromatic carbocycles. The number of hydrogen-bond donors (Lipinski definition) is 2. The summed E-state index contributed by atoms with van der Waals surface area (Å²) >= 11 is 0. The van der Waals surface area contributed by atoms with E-state index in [1.165, 1.54) is 18.3 Å². The predicted octanol–water partition coefficient (Wildman–Crippen LogP) is 4.09.